The summed E-state index contributed by atoms with van der Waals surface area (Å²) < 4.78 is 9.22. The molecule has 1 aliphatic rings. The average Bonchev–Trinajstić information content (AvgIpc) is 2.86. The number of rotatable bonds is 6. The third-order valence-corrected chi connectivity index (χ3v) is 3.68. The Morgan fingerprint density at radius 1 is 1.30 bits per heavy atom. The smallest absolute Gasteiger partial charge is 0.320 e. The van der Waals surface area contributed by atoms with Crippen LogP contribution in [-0.4, -0.2) is 31.9 Å². The van der Waals surface area contributed by atoms with E-state index in [4.69, 9.17) is 0 Å². The lowest BCUT2D eigenvalue weighted by atomic mass is 9.96. The molecular formula is C15H22O5. The number of hydrogen-bond donors (Lipinski definition) is 0. The van der Waals surface area contributed by atoms with Gasteiger partial charge in [-0.25, -0.2) is 0 Å². The molecular weight excluding hydrogens is 260 g/mol. The van der Waals surface area contributed by atoms with E-state index in [0.29, 0.717) is 18.6 Å². The molecule has 0 aromatic carbocycles. The second kappa shape index (κ2) is 7.82. The molecule has 112 valence electrons. The number of Topliss-reactive ketones (excluding diaryl/α,β-unsaturated/α-hetero) is 1. The van der Waals surface area contributed by atoms with Crippen molar-refractivity contribution in [2.24, 2.45) is 11.8 Å². The molecule has 0 N–H and O–H groups in total. The lowest BCUT2D eigenvalue weighted by molar-refractivity contribution is -0.158. The summed E-state index contributed by atoms with van der Waals surface area (Å²) in [4.78, 5) is 34.7. The molecule has 0 radical (unpaired) electrons. The highest BCUT2D eigenvalue weighted by Gasteiger charge is 2.29. The summed E-state index contributed by atoms with van der Waals surface area (Å²) in [6, 6.07) is 0. The van der Waals surface area contributed by atoms with Crippen LogP contribution in [0.3, 0.4) is 0 Å². The number of ether oxygens (including phenoxy) is 2. The summed E-state index contributed by atoms with van der Waals surface area (Å²) >= 11 is 0. The number of ketones is 1. The van der Waals surface area contributed by atoms with Crippen LogP contribution in [0, 0.1) is 11.8 Å². The molecule has 1 fully saturated rings. The largest absolute Gasteiger partial charge is 0.468 e. The normalized spacial score (nSPS) is 19.3. The Kier molecular flexibility index (Phi) is 6.42. The zero-order chi connectivity index (χ0) is 15.1. The Bertz CT molecular complexity index is 394. The van der Waals surface area contributed by atoms with Gasteiger partial charge in [-0.2, -0.15) is 0 Å². The summed E-state index contributed by atoms with van der Waals surface area (Å²) in [5, 5.41) is 0. The standard InChI is InChI=1S/C15H22O5/c1-10(7-8-11-5-4-6-13(11)16)9-12(14(17)19-2)15(18)20-3/h7,11-12H,4-6,8-9H2,1-3H3/b10-7+. The molecule has 5 heteroatoms. The van der Waals surface area contributed by atoms with Gasteiger partial charge in [0.2, 0.25) is 0 Å². The van der Waals surface area contributed by atoms with Crippen molar-refractivity contribution in [3.05, 3.63) is 11.6 Å². The minimum atomic E-state index is -0.930. The van der Waals surface area contributed by atoms with E-state index in [-0.39, 0.29) is 12.3 Å². The van der Waals surface area contributed by atoms with E-state index in [1.807, 2.05) is 13.0 Å². The van der Waals surface area contributed by atoms with E-state index >= 15 is 0 Å². The molecule has 0 aromatic heterocycles. The Labute approximate surface area is 119 Å². The van der Waals surface area contributed by atoms with Gasteiger partial charge in [0.1, 0.15) is 5.78 Å². The third-order valence-electron chi connectivity index (χ3n) is 3.68. The topological polar surface area (TPSA) is 69.7 Å². The van der Waals surface area contributed by atoms with Crippen molar-refractivity contribution >= 4 is 17.7 Å². The summed E-state index contributed by atoms with van der Waals surface area (Å²) in [6.45, 7) is 1.85. The highest BCUT2D eigenvalue weighted by atomic mass is 16.5. The average molecular weight is 282 g/mol. The number of carbonyl (C=O) groups is 3. The first-order valence-corrected chi connectivity index (χ1v) is 6.83. The predicted octanol–water partition coefficient (Wildman–Crippen LogP) is 2.04. The summed E-state index contributed by atoms with van der Waals surface area (Å²) in [5.41, 5.74) is 0.894. The molecule has 1 aliphatic carbocycles. The van der Waals surface area contributed by atoms with E-state index in [0.717, 1.165) is 18.4 Å². The van der Waals surface area contributed by atoms with E-state index in [9.17, 15) is 14.4 Å². The van der Waals surface area contributed by atoms with Crippen LogP contribution in [0.25, 0.3) is 0 Å². The van der Waals surface area contributed by atoms with Crippen molar-refractivity contribution in [3.63, 3.8) is 0 Å². The molecule has 20 heavy (non-hydrogen) atoms. The van der Waals surface area contributed by atoms with Crippen LogP contribution in [-0.2, 0) is 23.9 Å². The van der Waals surface area contributed by atoms with Gasteiger partial charge in [-0.1, -0.05) is 11.6 Å². The van der Waals surface area contributed by atoms with Crippen molar-refractivity contribution in [1.82, 2.24) is 0 Å². The number of hydrogen-bond acceptors (Lipinski definition) is 5. The van der Waals surface area contributed by atoms with Crippen LogP contribution in [0.1, 0.15) is 39.0 Å². The number of allylic oxidation sites excluding steroid dienone is 2. The van der Waals surface area contributed by atoms with Crippen LogP contribution in [0.5, 0.6) is 0 Å². The summed E-state index contributed by atoms with van der Waals surface area (Å²) in [6.07, 6.45) is 5.45. The van der Waals surface area contributed by atoms with Crippen LogP contribution < -0.4 is 0 Å². The highest BCUT2D eigenvalue weighted by Crippen LogP contribution is 2.26. The van der Waals surface area contributed by atoms with Crippen LogP contribution in [0.2, 0.25) is 0 Å². The second-order valence-electron chi connectivity index (χ2n) is 5.14. The summed E-state index contributed by atoms with van der Waals surface area (Å²) in [7, 11) is 2.49. The van der Waals surface area contributed by atoms with Gasteiger partial charge < -0.3 is 9.47 Å². The molecule has 1 unspecified atom stereocenters. The van der Waals surface area contributed by atoms with Crippen molar-refractivity contribution in [3.8, 4) is 0 Å². The van der Waals surface area contributed by atoms with Gasteiger partial charge in [-0.05, 0) is 32.6 Å². The fraction of sp³-hybridized carbons (Fsp3) is 0.667. The fourth-order valence-electron chi connectivity index (χ4n) is 2.43. The molecule has 0 saturated heterocycles. The van der Waals surface area contributed by atoms with Crippen LogP contribution in [0.4, 0.5) is 0 Å². The van der Waals surface area contributed by atoms with Crippen LogP contribution >= 0.6 is 0 Å². The predicted molar refractivity (Wildman–Crippen MR) is 72.9 cm³/mol. The quantitative estimate of drug-likeness (QED) is 0.423. The molecule has 1 saturated carbocycles. The SMILES string of the molecule is COC(=O)C(C/C(C)=C/CC1CCCC1=O)C(=O)OC. The Morgan fingerprint density at radius 2 is 1.90 bits per heavy atom. The van der Waals surface area contributed by atoms with Gasteiger partial charge in [-0.3, -0.25) is 14.4 Å². The number of esters is 2. The lowest BCUT2D eigenvalue weighted by Gasteiger charge is -2.13. The monoisotopic (exact) mass is 282 g/mol. The Hall–Kier alpha value is -1.65. The van der Waals surface area contributed by atoms with Gasteiger partial charge in [0.15, 0.2) is 5.92 Å². The Morgan fingerprint density at radius 3 is 2.35 bits per heavy atom. The van der Waals surface area contributed by atoms with Gasteiger partial charge >= 0.3 is 11.9 Å². The van der Waals surface area contributed by atoms with E-state index in [1.54, 1.807) is 0 Å². The first-order chi connectivity index (χ1) is 9.49. The van der Waals surface area contributed by atoms with Gasteiger partial charge in [0.25, 0.3) is 0 Å². The van der Waals surface area contributed by atoms with E-state index < -0.39 is 17.9 Å². The molecule has 0 amide bonds. The molecule has 0 aromatic rings. The third kappa shape index (κ3) is 4.47. The van der Waals surface area contributed by atoms with Crippen molar-refractivity contribution in [2.75, 3.05) is 14.2 Å². The maximum absolute atomic E-state index is 11.6. The second-order valence-corrected chi connectivity index (χ2v) is 5.14. The number of carbonyl (C=O) groups excluding carboxylic acids is 3. The zero-order valence-electron chi connectivity index (χ0n) is 12.3. The van der Waals surface area contributed by atoms with E-state index in [2.05, 4.69) is 9.47 Å². The lowest BCUT2D eigenvalue weighted by Crippen LogP contribution is -2.26. The van der Waals surface area contributed by atoms with Crippen molar-refractivity contribution < 1.29 is 23.9 Å². The Balaban J connectivity index is 2.60. The first kappa shape index (κ1) is 16.4. The molecule has 1 rings (SSSR count). The van der Waals surface area contributed by atoms with Crippen LogP contribution in [0.15, 0.2) is 11.6 Å². The fourth-order valence-corrected chi connectivity index (χ4v) is 2.43. The van der Waals surface area contributed by atoms with E-state index in [1.165, 1.54) is 14.2 Å². The molecule has 1 atom stereocenters. The molecule has 0 heterocycles. The maximum atomic E-state index is 11.6. The van der Waals surface area contributed by atoms with Gasteiger partial charge in [-0.15, -0.1) is 0 Å². The number of methoxy groups -OCH3 is 2. The minimum absolute atomic E-state index is 0.0969. The maximum Gasteiger partial charge on any atom is 0.320 e. The summed E-state index contributed by atoms with van der Waals surface area (Å²) in [5.74, 6) is -1.71. The first-order valence-electron chi connectivity index (χ1n) is 6.83. The molecule has 0 aliphatic heterocycles. The van der Waals surface area contributed by atoms with Crippen molar-refractivity contribution in [2.45, 2.75) is 39.0 Å². The van der Waals surface area contributed by atoms with Gasteiger partial charge in [0.05, 0.1) is 14.2 Å². The van der Waals surface area contributed by atoms with Gasteiger partial charge in [0, 0.05) is 12.3 Å². The zero-order valence-corrected chi connectivity index (χ0v) is 12.3. The molecule has 0 spiro atoms. The van der Waals surface area contributed by atoms with Crippen molar-refractivity contribution in [1.29, 1.82) is 0 Å². The molecule has 0 bridgehead atoms. The molecule has 5 nitrogen and oxygen atoms in total. The minimum Gasteiger partial charge on any atom is -0.468 e. The highest BCUT2D eigenvalue weighted by molar-refractivity contribution is 5.95.